The molecule has 0 fully saturated rings. The summed E-state index contributed by atoms with van der Waals surface area (Å²) in [7, 11) is -0.357. The third-order valence-corrected chi connectivity index (χ3v) is 6.49. The molecule has 2 rings (SSSR count). The average molecular weight is 298 g/mol. The Morgan fingerprint density at radius 3 is 1.10 bits per heavy atom. The van der Waals surface area contributed by atoms with Crippen LogP contribution in [-0.4, -0.2) is 5.16 Å². The smallest absolute Gasteiger partial charge is 0.00991 e. The molecule has 0 atom stereocenters. The second-order valence-electron chi connectivity index (χ2n) is 7.20. The van der Waals surface area contributed by atoms with Crippen molar-refractivity contribution in [1.82, 2.24) is 0 Å². The molecule has 112 valence electrons. The van der Waals surface area contributed by atoms with Crippen molar-refractivity contribution in [2.75, 3.05) is 0 Å². The maximum atomic E-state index is 2.38. The van der Waals surface area contributed by atoms with Gasteiger partial charge in [-0.25, -0.2) is 0 Å². The zero-order chi connectivity index (χ0) is 15.8. The second-order valence-corrected chi connectivity index (χ2v) is 10.2. The number of benzene rings is 2. The minimum Gasteiger partial charge on any atom is -0.0563 e. The van der Waals surface area contributed by atoms with Crippen LogP contribution >= 0.6 is 7.92 Å². The molecule has 0 spiro atoms. The number of hydrogen-bond acceptors (Lipinski definition) is 0. The van der Waals surface area contributed by atoms with Crippen LogP contribution in [0.25, 0.3) is 0 Å². The summed E-state index contributed by atoms with van der Waals surface area (Å²) < 4.78 is 0. The van der Waals surface area contributed by atoms with E-state index in [1.165, 1.54) is 32.9 Å². The van der Waals surface area contributed by atoms with Crippen LogP contribution in [0.15, 0.2) is 36.4 Å². The fraction of sp³-hybridized carbons (Fsp3) is 0.400. The van der Waals surface area contributed by atoms with Crippen molar-refractivity contribution < 1.29 is 0 Å². The molecule has 2 aromatic rings. The van der Waals surface area contributed by atoms with Crippen LogP contribution in [0.3, 0.4) is 0 Å². The average Bonchev–Trinajstić information content (AvgIpc) is 2.23. The van der Waals surface area contributed by atoms with E-state index in [9.17, 15) is 0 Å². The van der Waals surface area contributed by atoms with Crippen molar-refractivity contribution >= 4 is 18.5 Å². The Morgan fingerprint density at radius 2 is 0.857 bits per heavy atom. The van der Waals surface area contributed by atoms with Crippen molar-refractivity contribution in [1.29, 1.82) is 0 Å². The predicted octanol–water partition coefficient (Wildman–Crippen LogP) is 5.15. The minimum absolute atomic E-state index is 0.260. The van der Waals surface area contributed by atoms with Crippen LogP contribution in [0.2, 0.25) is 0 Å². The first-order chi connectivity index (χ1) is 9.66. The number of rotatable bonds is 2. The Balaban J connectivity index is 2.63. The standard InChI is InChI=1S/C20H27P/c1-14-8-15(2)11-18(10-14)21(20(5,6)7)19-12-16(3)9-17(4)13-19/h8-13H,1-7H3. The van der Waals surface area contributed by atoms with Crippen LogP contribution in [0, 0.1) is 27.7 Å². The molecule has 21 heavy (non-hydrogen) atoms. The van der Waals surface area contributed by atoms with E-state index in [1.54, 1.807) is 0 Å². The van der Waals surface area contributed by atoms with Gasteiger partial charge in [-0.05, 0) is 51.4 Å². The highest BCUT2D eigenvalue weighted by Crippen LogP contribution is 2.47. The summed E-state index contributed by atoms with van der Waals surface area (Å²) in [4.78, 5) is 0. The SMILES string of the molecule is Cc1cc(C)cc(P(c2cc(C)cc(C)c2)C(C)(C)C)c1. The van der Waals surface area contributed by atoms with Gasteiger partial charge in [0.25, 0.3) is 0 Å². The quantitative estimate of drug-likeness (QED) is 0.672. The van der Waals surface area contributed by atoms with E-state index in [0.29, 0.717) is 0 Å². The van der Waals surface area contributed by atoms with Gasteiger partial charge in [0.15, 0.2) is 0 Å². The first-order valence-corrected chi connectivity index (χ1v) is 8.98. The minimum atomic E-state index is -0.357. The Labute approximate surface area is 131 Å². The Morgan fingerprint density at radius 1 is 0.571 bits per heavy atom. The van der Waals surface area contributed by atoms with E-state index in [1.807, 2.05) is 0 Å². The van der Waals surface area contributed by atoms with Crippen molar-refractivity contribution in [2.45, 2.75) is 53.6 Å². The molecule has 0 aliphatic rings. The van der Waals surface area contributed by atoms with Crippen molar-refractivity contribution in [2.24, 2.45) is 0 Å². The van der Waals surface area contributed by atoms with Gasteiger partial charge < -0.3 is 0 Å². The molecule has 0 nitrogen and oxygen atoms in total. The third-order valence-electron chi connectivity index (χ3n) is 3.60. The summed E-state index contributed by atoms with van der Waals surface area (Å²) in [5.74, 6) is 0. The number of aryl methyl sites for hydroxylation is 4. The lowest BCUT2D eigenvalue weighted by atomic mass is 10.2. The van der Waals surface area contributed by atoms with E-state index in [2.05, 4.69) is 84.9 Å². The van der Waals surface area contributed by atoms with Gasteiger partial charge in [0, 0.05) is 0 Å². The highest BCUT2D eigenvalue weighted by Gasteiger charge is 2.28. The topological polar surface area (TPSA) is 0 Å². The van der Waals surface area contributed by atoms with E-state index >= 15 is 0 Å². The van der Waals surface area contributed by atoms with Gasteiger partial charge >= 0.3 is 0 Å². The Kier molecular flexibility index (Phi) is 4.59. The summed E-state index contributed by atoms with van der Waals surface area (Å²) in [6.45, 7) is 15.9. The summed E-state index contributed by atoms with van der Waals surface area (Å²) in [5, 5.41) is 3.26. The summed E-state index contributed by atoms with van der Waals surface area (Å²) in [6, 6.07) is 14.0. The molecule has 0 amide bonds. The largest absolute Gasteiger partial charge is 0.0563 e. The second kappa shape index (κ2) is 5.93. The maximum Gasteiger partial charge on any atom is -0.00991 e. The van der Waals surface area contributed by atoms with Crippen LogP contribution in [-0.2, 0) is 0 Å². The van der Waals surface area contributed by atoms with Gasteiger partial charge in [-0.3, -0.25) is 0 Å². The van der Waals surface area contributed by atoms with Gasteiger partial charge in [-0.2, -0.15) is 0 Å². The molecular weight excluding hydrogens is 271 g/mol. The molecule has 0 N–H and O–H groups in total. The molecule has 0 aliphatic carbocycles. The molecule has 0 saturated carbocycles. The summed E-state index contributed by atoms with van der Waals surface area (Å²) in [6.07, 6.45) is 0. The molecule has 0 saturated heterocycles. The van der Waals surface area contributed by atoms with Gasteiger partial charge in [0.1, 0.15) is 0 Å². The van der Waals surface area contributed by atoms with E-state index < -0.39 is 0 Å². The predicted molar refractivity (Wildman–Crippen MR) is 97.8 cm³/mol. The van der Waals surface area contributed by atoms with Crippen LogP contribution < -0.4 is 10.6 Å². The molecule has 0 unspecified atom stereocenters. The number of hydrogen-bond donors (Lipinski definition) is 0. The lowest BCUT2D eigenvalue weighted by molar-refractivity contribution is 0.793. The first-order valence-electron chi connectivity index (χ1n) is 7.63. The monoisotopic (exact) mass is 298 g/mol. The van der Waals surface area contributed by atoms with E-state index in [0.717, 1.165) is 0 Å². The fourth-order valence-corrected chi connectivity index (χ4v) is 6.26. The fourth-order valence-electron chi connectivity index (χ4n) is 3.08. The highest BCUT2D eigenvalue weighted by molar-refractivity contribution is 7.74. The molecule has 0 radical (unpaired) electrons. The van der Waals surface area contributed by atoms with Crippen LogP contribution in [0.4, 0.5) is 0 Å². The van der Waals surface area contributed by atoms with Crippen LogP contribution in [0.5, 0.6) is 0 Å². The molecular formula is C20H27P. The summed E-state index contributed by atoms with van der Waals surface area (Å²) in [5.41, 5.74) is 5.47. The van der Waals surface area contributed by atoms with Crippen molar-refractivity contribution in [3.63, 3.8) is 0 Å². The molecule has 0 aliphatic heterocycles. The Hall–Kier alpha value is -1.13. The molecule has 1 heteroatoms. The van der Waals surface area contributed by atoms with Crippen molar-refractivity contribution in [3.05, 3.63) is 58.7 Å². The van der Waals surface area contributed by atoms with E-state index in [4.69, 9.17) is 0 Å². The lowest BCUT2D eigenvalue weighted by Gasteiger charge is -2.33. The zero-order valence-corrected chi connectivity index (χ0v) is 15.3. The first kappa shape index (κ1) is 16.2. The van der Waals surface area contributed by atoms with Crippen molar-refractivity contribution in [3.8, 4) is 0 Å². The summed E-state index contributed by atoms with van der Waals surface area (Å²) >= 11 is 0. The van der Waals surface area contributed by atoms with Crippen LogP contribution in [0.1, 0.15) is 43.0 Å². The molecule has 0 heterocycles. The normalized spacial score (nSPS) is 12.0. The molecule has 0 aromatic heterocycles. The lowest BCUT2D eigenvalue weighted by Crippen LogP contribution is -2.27. The van der Waals surface area contributed by atoms with Gasteiger partial charge in [-0.15, -0.1) is 0 Å². The molecule has 0 bridgehead atoms. The third kappa shape index (κ3) is 3.95. The zero-order valence-electron chi connectivity index (χ0n) is 14.4. The van der Waals surface area contributed by atoms with Gasteiger partial charge in [0.2, 0.25) is 0 Å². The maximum absolute atomic E-state index is 2.38. The Bertz CT molecular complexity index is 555. The molecule has 2 aromatic carbocycles. The highest BCUT2D eigenvalue weighted by atomic mass is 31.1. The van der Waals surface area contributed by atoms with E-state index in [-0.39, 0.29) is 13.1 Å². The van der Waals surface area contributed by atoms with Gasteiger partial charge in [0.05, 0.1) is 0 Å². The van der Waals surface area contributed by atoms with Gasteiger partial charge in [-0.1, -0.05) is 79.4 Å².